The number of nitrogens with one attached hydrogen (secondary N) is 4. The summed E-state index contributed by atoms with van der Waals surface area (Å²) in [6, 6.07) is 0. The van der Waals surface area contributed by atoms with Crippen molar-refractivity contribution in [2.75, 3.05) is 44.4 Å². The van der Waals surface area contributed by atoms with E-state index in [1.54, 1.807) is 6.92 Å². The molecule has 1 amide bonds. The lowest BCUT2D eigenvalue weighted by Crippen LogP contribution is -2.48. The highest BCUT2D eigenvalue weighted by Crippen LogP contribution is 2.11. The fourth-order valence-electron chi connectivity index (χ4n) is 3.30. The van der Waals surface area contributed by atoms with Crippen molar-refractivity contribution < 1.29 is 14.3 Å². The van der Waals surface area contributed by atoms with Gasteiger partial charge in [0.05, 0.1) is 19.3 Å². The van der Waals surface area contributed by atoms with Crippen molar-refractivity contribution >= 4 is 29.2 Å². The van der Waals surface area contributed by atoms with Crippen molar-refractivity contribution in [3.05, 3.63) is 21.6 Å². The molecule has 29 heavy (non-hydrogen) atoms. The first-order valence-electron chi connectivity index (χ1n) is 9.89. The van der Waals surface area contributed by atoms with Crippen molar-refractivity contribution in [2.24, 2.45) is 0 Å². The molecule has 1 unspecified atom stereocenters. The number of aromatic nitrogens is 2. The largest absolute Gasteiger partial charge is 0.378 e. The average molecular weight is 425 g/mol. The maximum absolute atomic E-state index is 12.4. The van der Waals surface area contributed by atoms with E-state index >= 15 is 0 Å². The second kappa shape index (κ2) is 10.5. The van der Waals surface area contributed by atoms with Crippen molar-refractivity contribution in [3.8, 4) is 0 Å². The quantitative estimate of drug-likeness (QED) is 0.354. The Morgan fingerprint density at radius 2 is 2.10 bits per heavy atom. The van der Waals surface area contributed by atoms with Gasteiger partial charge in [-0.05, 0) is 38.4 Å². The Balaban J connectivity index is 1.43. The molecule has 2 saturated heterocycles. The number of morpholine rings is 1. The average Bonchev–Trinajstić information content (AvgIpc) is 3.24. The van der Waals surface area contributed by atoms with Gasteiger partial charge in [0.25, 0.3) is 5.56 Å². The third-order valence-electron chi connectivity index (χ3n) is 4.95. The molecular formula is C18H28N6O4S. The second-order valence-corrected chi connectivity index (χ2v) is 7.48. The molecule has 1 aromatic heterocycles. The van der Waals surface area contributed by atoms with Crippen LogP contribution in [0.15, 0.2) is 4.79 Å². The number of hydrogen-bond donors (Lipinski definition) is 4. The van der Waals surface area contributed by atoms with Crippen LogP contribution in [0.5, 0.6) is 0 Å². The van der Waals surface area contributed by atoms with E-state index in [4.69, 9.17) is 21.7 Å². The maximum Gasteiger partial charge on any atom is 0.255 e. The third kappa shape index (κ3) is 6.38. The van der Waals surface area contributed by atoms with Gasteiger partial charge in [-0.15, -0.1) is 0 Å². The summed E-state index contributed by atoms with van der Waals surface area (Å²) in [5.41, 5.74) is 6.14. The number of rotatable bonds is 6. The van der Waals surface area contributed by atoms with Gasteiger partial charge < -0.3 is 19.7 Å². The Morgan fingerprint density at radius 3 is 2.79 bits per heavy atom. The summed E-state index contributed by atoms with van der Waals surface area (Å²) in [4.78, 5) is 33.8. The zero-order valence-corrected chi connectivity index (χ0v) is 17.4. The number of aromatic amines is 1. The fraction of sp³-hybridized carbons (Fsp3) is 0.667. The summed E-state index contributed by atoms with van der Waals surface area (Å²) >= 11 is 5.13. The Labute approximate surface area is 174 Å². The van der Waals surface area contributed by atoms with E-state index in [2.05, 4.69) is 26.1 Å². The van der Waals surface area contributed by atoms with Gasteiger partial charge in [-0.3, -0.25) is 25.4 Å². The van der Waals surface area contributed by atoms with Crippen LogP contribution in [0.4, 0.5) is 5.95 Å². The van der Waals surface area contributed by atoms with Gasteiger partial charge in [-0.25, -0.2) is 4.98 Å². The lowest BCUT2D eigenvalue weighted by molar-refractivity contribution is -0.121. The van der Waals surface area contributed by atoms with Crippen molar-refractivity contribution in [1.29, 1.82) is 0 Å². The smallest absolute Gasteiger partial charge is 0.255 e. The van der Waals surface area contributed by atoms with Gasteiger partial charge in [0.2, 0.25) is 11.9 Å². The summed E-state index contributed by atoms with van der Waals surface area (Å²) in [5, 5.41) is 3.34. The maximum atomic E-state index is 12.4. The predicted molar refractivity (Wildman–Crippen MR) is 112 cm³/mol. The molecule has 160 valence electrons. The highest BCUT2D eigenvalue weighted by atomic mass is 32.1. The van der Waals surface area contributed by atoms with Crippen molar-refractivity contribution in [2.45, 2.75) is 38.7 Å². The summed E-state index contributed by atoms with van der Waals surface area (Å²) in [6.45, 7) is 5.79. The molecule has 1 aromatic rings. The zero-order valence-electron chi connectivity index (χ0n) is 16.6. The minimum absolute atomic E-state index is 0.143. The van der Waals surface area contributed by atoms with Crippen LogP contribution in [-0.4, -0.2) is 66.5 Å². The molecule has 0 radical (unpaired) electrons. The predicted octanol–water partition coefficient (Wildman–Crippen LogP) is -0.478. The normalized spacial score (nSPS) is 19.1. The number of aryl methyl sites for hydroxylation is 1. The molecule has 2 aliphatic rings. The van der Waals surface area contributed by atoms with Crippen molar-refractivity contribution in [3.63, 3.8) is 0 Å². The van der Waals surface area contributed by atoms with Crippen LogP contribution >= 0.6 is 12.2 Å². The summed E-state index contributed by atoms with van der Waals surface area (Å²) in [5.74, 6) is 0.288. The summed E-state index contributed by atoms with van der Waals surface area (Å²) in [6.07, 6.45) is 2.66. The molecule has 3 heterocycles. The molecule has 3 rings (SSSR count). The number of ether oxygens (including phenoxy) is 2. The van der Waals surface area contributed by atoms with E-state index < -0.39 is 0 Å². The monoisotopic (exact) mass is 424 g/mol. The Morgan fingerprint density at radius 1 is 1.31 bits per heavy atom. The number of hydrazine groups is 1. The van der Waals surface area contributed by atoms with Gasteiger partial charge in [0, 0.05) is 43.9 Å². The van der Waals surface area contributed by atoms with Gasteiger partial charge in [-0.1, -0.05) is 0 Å². The van der Waals surface area contributed by atoms with Crippen LogP contribution in [0.1, 0.15) is 30.5 Å². The molecule has 0 aliphatic carbocycles. The number of carbonyl (C=O) groups excluding carboxylic acids is 1. The number of thiocarbonyl (C=S) groups is 1. The van der Waals surface area contributed by atoms with Gasteiger partial charge in [0.15, 0.2) is 5.11 Å². The van der Waals surface area contributed by atoms with E-state index in [0.29, 0.717) is 61.6 Å². The van der Waals surface area contributed by atoms with Gasteiger partial charge >= 0.3 is 0 Å². The molecule has 2 fully saturated rings. The highest BCUT2D eigenvalue weighted by Gasteiger charge is 2.17. The van der Waals surface area contributed by atoms with Gasteiger partial charge in [-0.2, -0.15) is 0 Å². The minimum Gasteiger partial charge on any atom is -0.378 e. The van der Waals surface area contributed by atoms with Gasteiger partial charge in [0.1, 0.15) is 0 Å². The molecule has 10 nitrogen and oxygen atoms in total. The van der Waals surface area contributed by atoms with Crippen LogP contribution in [0.25, 0.3) is 0 Å². The van der Waals surface area contributed by atoms with Crippen LogP contribution in [-0.2, 0) is 20.7 Å². The number of anilines is 1. The summed E-state index contributed by atoms with van der Waals surface area (Å²) < 4.78 is 10.8. The number of nitrogens with zero attached hydrogens (tertiary/aromatic N) is 2. The summed E-state index contributed by atoms with van der Waals surface area (Å²) in [7, 11) is 0. The van der Waals surface area contributed by atoms with E-state index in [-0.39, 0.29) is 24.0 Å². The molecular weight excluding hydrogens is 396 g/mol. The number of H-pyrrole nitrogens is 1. The number of amides is 1. The lowest BCUT2D eigenvalue weighted by atomic mass is 10.1. The first-order valence-corrected chi connectivity index (χ1v) is 10.3. The van der Waals surface area contributed by atoms with E-state index in [1.807, 2.05) is 4.90 Å². The second-order valence-electron chi connectivity index (χ2n) is 7.07. The first kappa shape index (κ1) is 21.5. The topological polar surface area (TPSA) is 121 Å². The van der Waals surface area contributed by atoms with Crippen molar-refractivity contribution in [1.82, 2.24) is 26.1 Å². The molecule has 0 saturated carbocycles. The molecule has 0 spiro atoms. The van der Waals surface area contributed by atoms with Crippen LogP contribution in [0, 0.1) is 6.92 Å². The number of carbonyl (C=O) groups is 1. The SMILES string of the molecule is Cc1nc(N2CCOCC2)[nH]c(=O)c1CCC(=O)NNC(=S)NCC1CCCO1. The minimum atomic E-state index is -0.262. The molecule has 4 N–H and O–H groups in total. The standard InChI is InChI=1S/C18H28N6O4S/c1-12-14(16(26)21-17(20-12)24-6-9-27-10-7-24)4-5-15(25)22-23-18(29)19-11-13-3-2-8-28-13/h13H,2-11H2,1H3,(H,22,25)(H2,19,23,29)(H,20,21,26). The highest BCUT2D eigenvalue weighted by molar-refractivity contribution is 7.80. The Hall–Kier alpha value is -2.24. The van der Waals surface area contributed by atoms with E-state index in [1.165, 1.54) is 0 Å². The molecule has 0 bridgehead atoms. The van der Waals surface area contributed by atoms with Crippen LogP contribution < -0.4 is 26.6 Å². The molecule has 0 aromatic carbocycles. The Kier molecular flexibility index (Phi) is 7.78. The number of hydrogen-bond acceptors (Lipinski definition) is 7. The van der Waals surface area contributed by atoms with E-state index in [0.717, 1.165) is 19.4 Å². The van der Waals surface area contributed by atoms with E-state index in [9.17, 15) is 9.59 Å². The van der Waals surface area contributed by atoms with Crippen LogP contribution in [0.3, 0.4) is 0 Å². The fourth-order valence-corrected chi connectivity index (χ4v) is 3.43. The molecule has 2 aliphatic heterocycles. The van der Waals surface area contributed by atoms with Crippen LogP contribution in [0.2, 0.25) is 0 Å². The zero-order chi connectivity index (χ0) is 20.6. The molecule has 1 atom stereocenters. The molecule has 11 heteroatoms. The Bertz CT molecular complexity index is 774. The first-order chi connectivity index (χ1) is 14.0. The lowest BCUT2D eigenvalue weighted by Gasteiger charge is -2.27. The third-order valence-corrected chi connectivity index (χ3v) is 5.20.